The topological polar surface area (TPSA) is 31.4 Å². The number of nitrogens with zero attached hydrogens (tertiary/aromatic N) is 1. The molecule has 2 heterocycles. The summed E-state index contributed by atoms with van der Waals surface area (Å²) < 4.78 is 11.8. The minimum atomic E-state index is 0.253. The quantitative estimate of drug-likeness (QED) is 0.573. The van der Waals surface area contributed by atoms with Crippen LogP contribution in [-0.2, 0) is 0 Å². The van der Waals surface area contributed by atoms with Crippen molar-refractivity contribution in [2.75, 3.05) is 6.79 Å². The number of benzene rings is 2. The highest BCUT2D eigenvalue weighted by atomic mass is 79.9. The first-order valence-electron chi connectivity index (χ1n) is 6.79. The number of pyridine rings is 1. The minimum Gasteiger partial charge on any atom is -0.454 e. The van der Waals surface area contributed by atoms with Crippen LogP contribution >= 0.6 is 27.5 Å². The Kier molecular flexibility index (Phi) is 3.24. The number of aromatic nitrogens is 1. The highest BCUT2D eigenvalue weighted by Gasteiger charge is 2.19. The number of aryl methyl sites for hydroxylation is 1. The maximum absolute atomic E-state index is 6.32. The zero-order valence-corrected chi connectivity index (χ0v) is 14.0. The van der Waals surface area contributed by atoms with Gasteiger partial charge in [-0.25, -0.2) is 4.98 Å². The molecular formula is C17H11BrClNO2. The van der Waals surface area contributed by atoms with Gasteiger partial charge < -0.3 is 9.47 Å². The number of hydrogen-bond acceptors (Lipinski definition) is 3. The Morgan fingerprint density at radius 2 is 1.86 bits per heavy atom. The van der Waals surface area contributed by atoms with Crippen LogP contribution in [0.5, 0.6) is 11.5 Å². The van der Waals surface area contributed by atoms with Crippen molar-refractivity contribution in [2.45, 2.75) is 6.92 Å². The third-order valence-electron chi connectivity index (χ3n) is 3.79. The maximum Gasteiger partial charge on any atom is 0.231 e. The normalized spacial score (nSPS) is 12.9. The summed E-state index contributed by atoms with van der Waals surface area (Å²) >= 11 is 9.98. The molecule has 0 spiro atoms. The van der Waals surface area contributed by atoms with Crippen LogP contribution < -0.4 is 9.47 Å². The van der Waals surface area contributed by atoms with E-state index in [1.54, 1.807) is 0 Å². The molecule has 1 aliphatic heterocycles. The van der Waals surface area contributed by atoms with E-state index < -0.39 is 0 Å². The van der Waals surface area contributed by atoms with E-state index in [0.717, 1.165) is 43.7 Å². The molecule has 0 radical (unpaired) electrons. The van der Waals surface area contributed by atoms with E-state index in [1.807, 2.05) is 36.4 Å². The Hall–Kier alpha value is -1.78. The second kappa shape index (κ2) is 5.14. The summed E-state index contributed by atoms with van der Waals surface area (Å²) in [5.41, 5.74) is 3.69. The molecule has 0 saturated carbocycles. The van der Waals surface area contributed by atoms with E-state index in [4.69, 9.17) is 26.1 Å². The van der Waals surface area contributed by atoms with E-state index in [0.29, 0.717) is 5.02 Å². The number of ether oxygens (including phenoxy) is 2. The summed E-state index contributed by atoms with van der Waals surface area (Å²) in [5.74, 6) is 1.49. The number of halogens is 2. The first-order valence-corrected chi connectivity index (χ1v) is 7.96. The molecular weight excluding hydrogens is 366 g/mol. The largest absolute Gasteiger partial charge is 0.454 e. The van der Waals surface area contributed by atoms with Crippen molar-refractivity contribution >= 4 is 38.4 Å². The number of hydrogen-bond donors (Lipinski definition) is 0. The van der Waals surface area contributed by atoms with Crippen LogP contribution in [0.3, 0.4) is 0 Å². The molecule has 0 fully saturated rings. The summed E-state index contributed by atoms with van der Waals surface area (Å²) in [5, 5.41) is 1.71. The number of fused-ring (bicyclic) bond motifs is 2. The lowest BCUT2D eigenvalue weighted by molar-refractivity contribution is 0.174. The van der Waals surface area contributed by atoms with Gasteiger partial charge in [0, 0.05) is 26.5 Å². The van der Waals surface area contributed by atoms with E-state index >= 15 is 0 Å². The molecule has 0 amide bonds. The lowest BCUT2D eigenvalue weighted by atomic mass is 10.0. The highest BCUT2D eigenvalue weighted by Crippen LogP contribution is 2.41. The van der Waals surface area contributed by atoms with Crippen molar-refractivity contribution in [3.8, 4) is 22.8 Å². The Morgan fingerprint density at radius 1 is 1.14 bits per heavy atom. The lowest BCUT2D eigenvalue weighted by Gasteiger charge is -2.12. The van der Waals surface area contributed by atoms with Crippen LogP contribution in [0.25, 0.3) is 22.2 Å². The zero-order valence-electron chi connectivity index (χ0n) is 11.7. The SMILES string of the molecule is Cc1c(Br)c(-c2ccccc2Cl)nc2cc3c(cc12)OCO3. The molecule has 0 aliphatic carbocycles. The Morgan fingerprint density at radius 3 is 2.64 bits per heavy atom. The van der Waals surface area contributed by atoms with Crippen LogP contribution in [0.2, 0.25) is 5.02 Å². The van der Waals surface area contributed by atoms with Gasteiger partial charge in [-0.3, -0.25) is 0 Å². The molecule has 0 bridgehead atoms. The molecule has 5 heteroatoms. The monoisotopic (exact) mass is 375 g/mol. The van der Waals surface area contributed by atoms with Gasteiger partial charge in [-0.05, 0) is 40.5 Å². The molecule has 22 heavy (non-hydrogen) atoms. The molecule has 110 valence electrons. The fourth-order valence-electron chi connectivity index (χ4n) is 2.62. The predicted octanol–water partition coefficient (Wildman–Crippen LogP) is 5.35. The van der Waals surface area contributed by atoms with Crippen LogP contribution in [0.4, 0.5) is 0 Å². The van der Waals surface area contributed by atoms with Crippen molar-refractivity contribution in [3.05, 3.63) is 51.5 Å². The molecule has 3 nitrogen and oxygen atoms in total. The smallest absolute Gasteiger partial charge is 0.231 e. The van der Waals surface area contributed by atoms with Crippen LogP contribution in [0.15, 0.2) is 40.9 Å². The Bertz CT molecular complexity index is 911. The van der Waals surface area contributed by atoms with Gasteiger partial charge in [0.25, 0.3) is 0 Å². The Labute approximate surface area is 141 Å². The molecule has 0 saturated heterocycles. The standard InChI is InChI=1S/C17H11BrClNO2/c1-9-11-6-14-15(22-8-21-14)7-13(11)20-17(16(9)18)10-4-2-3-5-12(10)19/h2-7H,8H2,1H3. The molecule has 0 N–H and O–H groups in total. The van der Waals surface area contributed by atoms with E-state index in [1.165, 1.54) is 0 Å². The molecule has 3 aromatic rings. The van der Waals surface area contributed by atoms with Gasteiger partial charge >= 0.3 is 0 Å². The van der Waals surface area contributed by atoms with Crippen molar-refractivity contribution < 1.29 is 9.47 Å². The molecule has 1 aliphatic rings. The van der Waals surface area contributed by atoms with Gasteiger partial charge in [0.1, 0.15) is 0 Å². The van der Waals surface area contributed by atoms with Gasteiger partial charge in [-0.15, -0.1) is 0 Å². The van der Waals surface area contributed by atoms with Gasteiger partial charge in [0.05, 0.1) is 11.2 Å². The summed E-state index contributed by atoms with van der Waals surface area (Å²) in [6, 6.07) is 11.6. The third-order valence-corrected chi connectivity index (χ3v) is 5.09. The van der Waals surface area contributed by atoms with Gasteiger partial charge in [-0.2, -0.15) is 0 Å². The van der Waals surface area contributed by atoms with Crippen LogP contribution in [0, 0.1) is 6.92 Å². The van der Waals surface area contributed by atoms with Crippen molar-refractivity contribution in [2.24, 2.45) is 0 Å². The van der Waals surface area contributed by atoms with Crippen LogP contribution in [-0.4, -0.2) is 11.8 Å². The highest BCUT2D eigenvalue weighted by molar-refractivity contribution is 9.10. The second-order valence-electron chi connectivity index (χ2n) is 5.10. The average Bonchev–Trinajstić information content (AvgIpc) is 2.97. The summed E-state index contributed by atoms with van der Waals surface area (Å²) in [6.07, 6.45) is 0. The van der Waals surface area contributed by atoms with Gasteiger partial charge in [0.15, 0.2) is 11.5 Å². The van der Waals surface area contributed by atoms with Crippen molar-refractivity contribution in [3.63, 3.8) is 0 Å². The molecule has 0 unspecified atom stereocenters. The first kappa shape index (κ1) is 13.9. The van der Waals surface area contributed by atoms with E-state index in [9.17, 15) is 0 Å². The number of rotatable bonds is 1. The van der Waals surface area contributed by atoms with Crippen molar-refractivity contribution in [1.82, 2.24) is 4.98 Å². The summed E-state index contributed by atoms with van der Waals surface area (Å²) in [6.45, 7) is 2.31. The lowest BCUT2D eigenvalue weighted by Crippen LogP contribution is -1.93. The summed E-state index contributed by atoms with van der Waals surface area (Å²) in [7, 11) is 0. The molecule has 4 rings (SSSR count). The Balaban J connectivity index is 2.03. The van der Waals surface area contributed by atoms with Crippen LogP contribution in [0.1, 0.15) is 5.56 Å². The fraction of sp³-hybridized carbons (Fsp3) is 0.118. The third kappa shape index (κ3) is 2.06. The van der Waals surface area contributed by atoms with E-state index in [-0.39, 0.29) is 6.79 Å². The van der Waals surface area contributed by atoms with E-state index in [2.05, 4.69) is 22.9 Å². The zero-order chi connectivity index (χ0) is 15.3. The molecule has 0 atom stereocenters. The second-order valence-corrected chi connectivity index (χ2v) is 6.30. The summed E-state index contributed by atoms with van der Waals surface area (Å²) in [4.78, 5) is 4.78. The van der Waals surface area contributed by atoms with Crippen molar-refractivity contribution in [1.29, 1.82) is 0 Å². The first-order chi connectivity index (χ1) is 10.6. The predicted molar refractivity (Wildman–Crippen MR) is 90.7 cm³/mol. The van der Waals surface area contributed by atoms with Gasteiger partial charge in [-0.1, -0.05) is 29.8 Å². The average molecular weight is 377 g/mol. The maximum atomic E-state index is 6.32. The van der Waals surface area contributed by atoms with Gasteiger partial charge in [0.2, 0.25) is 6.79 Å². The molecule has 2 aromatic carbocycles. The fourth-order valence-corrected chi connectivity index (χ4v) is 3.36. The minimum absolute atomic E-state index is 0.253. The molecule has 1 aromatic heterocycles.